The molecule has 0 N–H and O–H groups in total. The first kappa shape index (κ1) is 19.6. The van der Waals surface area contributed by atoms with Gasteiger partial charge in [0, 0.05) is 29.5 Å². The summed E-state index contributed by atoms with van der Waals surface area (Å²) in [6, 6.07) is 13.8. The minimum Gasteiger partial charge on any atom is -0.298 e. The molecule has 0 amide bonds. The summed E-state index contributed by atoms with van der Waals surface area (Å²) < 4.78 is 0. The summed E-state index contributed by atoms with van der Waals surface area (Å²) in [5, 5.41) is 0. The Morgan fingerprint density at radius 2 is 1.42 bits per heavy atom. The highest BCUT2D eigenvalue weighted by molar-refractivity contribution is 5.88. The first-order valence-corrected chi connectivity index (χ1v) is 9.46. The van der Waals surface area contributed by atoms with Crippen molar-refractivity contribution in [1.82, 2.24) is 0 Å². The molecule has 26 heavy (non-hydrogen) atoms. The van der Waals surface area contributed by atoms with Crippen LogP contribution >= 0.6 is 0 Å². The third-order valence-electron chi connectivity index (χ3n) is 4.11. The number of hydrogen-bond acceptors (Lipinski definition) is 1. The first-order valence-electron chi connectivity index (χ1n) is 9.46. The predicted molar refractivity (Wildman–Crippen MR) is 110 cm³/mol. The van der Waals surface area contributed by atoms with E-state index in [1.807, 2.05) is 30.3 Å². The lowest BCUT2D eigenvalue weighted by atomic mass is 9.96. The van der Waals surface area contributed by atoms with Gasteiger partial charge in [-0.25, -0.2) is 0 Å². The molecule has 0 aliphatic rings. The van der Waals surface area contributed by atoms with E-state index in [1.54, 1.807) is 0 Å². The van der Waals surface area contributed by atoms with E-state index in [0.717, 1.165) is 67.1 Å². The lowest BCUT2D eigenvalue weighted by Gasteiger charge is -2.07. The third-order valence-corrected chi connectivity index (χ3v) is 4.11. The normalized spacial score (nSPS) is 9.62. The van der Waals surface area contributed by atoms with Gasteiger partial charge in [0.05, 0.1) is 0 Å². The standard InChI is InChI=1S/C25H26O/c1-3-5-7-9-13-21-17-22(14-10-8-6-4-2)19-24(18-21)25-16-12-11-15-23(25)20-26/h11-12,15-20H,3-8H2,1-2H3. The minimum absolute atomic E-state index is 0.688. The summed E-state index contributed by atoms with van der Waals surface area (Å²) in [7, 11) is 0. The number of unbranched alkanes of at least 4 members (excludes halogenated alkanes) is 4. The molecule has 132 valence electrons. The maximum Gasteiger partial charge on any atom is 0.150 e. The van der Waals surface area contributed by atoms with Crippen molar-refractivity contribution in [3.05, 3.63) is 59.2 Å². The van der Waals surface area contributed by atoms with Crippen molar-refractivity contribution in [2.45, 2.75) is 52.4 Å². The summed E-state index contributed by atoms with van der Waals surface area (Å²) in [6.45, 7) is 4.34. The van der Waals surface area contributed by atoms with Crippen LogP contribution < -0.4 is 0 Å². The summed E-state index contributed by atoms with van der Waals surface area (Å²) in [6.07, 6.45) is 7.24. The second kappa shape index (κ2) is 11.0. The molecule has 0 saturated heterocycles. The Morgan fingerprint density at radius 3 is 1.96 bits per heavy atom. The highest BCUT2D eigenvalue weighted by atomic mass is 16.1. The van der Waals surface area contributed by atoms with Gasteiger partial charge in [0.1, 0.15) is 0 Å². The monoisotopic (exact) mass is 342 g/mol. The van der Waals surface area contributed by atoms with Gasteiger partial charge in [0.15, 0.2) is 6.29 Å². The maximum atomic E-state index is 11.4. The summed E-state index contributed by atoms with van der Waals surface area (Å²) in [4.78, 5) is 11.4. The Labute approximate surface area is 157 Å². The van der Waals surface area contributed by atoms with E-state index in [4.69, 9.17) is 0 Å². The Hall–Kier alpha value is -2.77. The van der Waals surface area contributed by atoms with Gasteiger partial charge < -0.3 is 0 Å². The zero-order chi connectivity index (χ0) is 18.6. The van der Waals surface area contributed by atoms with Gasteiger partial charge in [-0.15, -0.1) is 0 Å². The lowest BCUT2D eigenvalue weighted by molar-refractivity contribution is 0.112. The van der Waals surface area contributed by atoms with Crippen molar-refractivity contribution < 1.29 is 4.79 Å². The molecule has 0 aliphatic carbocycles. The molecular formula is C25H26O. The van der Waals surface area contributed by atoms with Crippen LogP contribution in [0.5, 0.6) is 0 Å². The molecule has 0 atom stereocenters. The third kappa shape index (κ3) is 5.94. The molecule has 1 nitrogen and oxygen atoms in total. The van der Waals surface area contributed by atoms with E-state index in [-0.39, 0.29) is 0 Å². The summed E-state index contributed by atoms with van der Waals surface area (Å²) in [5.74, 6) is 13.0. The van der Waals surface area contributed by atoms with Crippen LogP contribution in [0.15, 0.2) is 42.5 Å². The van der Waals surface area contributed by atoms with Gasteiger partial charge >= 0.3 is 0 Å². The minimum atomic E-state index is 0.688. The molecule has 2 aromatic rings. The summed E-state index contributed by atoms with van der Waals surface area (Å²) in [5.41, 5.74) is 4.53. The second-order valence-electron chi connectivity index (χ2n) is 6.31. The summed E-state index contributed by atoms with van der Waals surface area (Å²) >= 11 is 0. The van der Waals surface area contributed by atoms with E-state index in [1.165, 1.54) is 0 Å². The fourth-order valence-corrected chi connectivity index (χ4v) is 2.65. The zero-order valence-corrected chi connectivity index (χ0v) is 15.8. The topological polar surface area (TPSA) is 17.1 Å². The smallest absolute Gasteiger partial charge is 0.150 e. The number of rotatable bonds is 6. The zero-order valence-electron chi connectivity index (χ0n) is 15.8. The van der Waals surface area contributed by atoms with Crippen LogP contribution in [0, 0.1) is 23.7 Å². The van der Waals surface area contributed by atoms with Gasteiger partial charge in [-0.1, -0.05) is 74.6 Å². The van der Waals surface area contributed by atoms with Crippen molar-refractivity contribution in [2.75, 3.05) is 0 Å². The van der Waals surface area contributed by atoms with Crippen LogP contribution in [0.25, 0.3) is 11.1 Å². The molecule has 2 aromatic carbocycles. The van der Waals surface area contributed by atoms with Crippen molar-refractivity contribution in [1.29, 1.82) is 0 Å². The molecule has 0 radical (unpaired) electrons. The van der Waals surface area contributed by atoms with Crippen molar-refractivity contribution >= 4 is 6.29 Å². The SMILES string of the molecule is CCCCC#Cc1cc(C#CCCCC)cc(-c2ccccc2C=O)c1. The van der Waals surface area contributed by atoms with E-state index >= 15 is 0 Å². The van der Waals surface area contributed by atoms with Crippen LogP contribution in [-0.4, -0.2) is 6.29 Å². The highest BCUT2D eigenvalue weighted by Gasteiger charge is 2.06. The molecule has 0 heterocycles. The van der Waals surface area contributed by atoms with Crippen LogP contribution in [0.2, 0.25) is 0 Å². The number of aldehydes is 1. The van der Waals surface area contributed by atoms with Crippen LogP contribution in [-0.2, 0) is 0 Å². The van der Waals surface area contributed by atoms with Crippen LogP contribution in [0.4, 0.5) is 0 Å². The Kier molecular flexibility index (Phi) is 8.25. The second-order valence-corrected chi connectivity index (χ2v) is 6.31. The average molecular weight is 342 g/mol. The largest absolute Gasteiger partial charge is 0.298 e. The molecule has 0 unspecified atom stereocenters. The number of benzene rings is 2. The number of carbonyl (C=O) groups excluding carboxylic acids is 1. The molecule has 2 rings (SSSR count). The van der Waals surface area contributed by atoms with Crippen molar-refractivity contribution in [3.8, 4) is 34.8 Å². The van der Waals surface area contributed by atoms with Crippen LogP contribution in [0.1, 0.15) is 73.9 Å². The molecule has 0 bridgehead atoms. The molecule has 0 aliphatic heterocycles. The fourth-order valence-electron chi connectivity index (χ4n) is 2.65. The molecular weight excluding hydrogens is 316 g/mol. The predicted octanol–water partition coefficient (Wildman–Crippen LogP) is 6.25. The highest BCUT2D eigenvalue weighted by Crippen LogP contribution is 2.25. The maximum absolute atomic E-state index is 11.4. The quantitative estimate of drug-likeness (QED) is 0.344. The molecule has 1 heteroatoms. The van der Waals surface area contributed by atoms with E-state index in [9.17, 15) is 4.79 Å². The lowest BCUT2D eigenvalue weighted by Crippen LogP contribution is -1.90. The van der Waals surface area contributed by atoms with Gasteiger partial charge in [0.2, 0.25) is 0 Å². The van der Waals surface area contributed by atoms with Crippen molar-refractivity contribution in [3.63, 3.8) is 0 Å². The average Bonchev–Trinajstić information content (AvgIpc) is 2.68. The van der Waals surface area contributed by atoms with Crippen LogP contribution in [0.3, 0.4) is 0 Å². The Bertz CT molecular complexity index is 809. The van der Waals surface area contributed by atoms with E-state index < -0.39 is 0 Å². The number of carbonyl (C=O) groups is 1. The van der Waals surface area contributed by atoms with E-state index in [0.29, 0.717) is 5.56 Å². The molecule has 0 fully saturated rings. The Balaban J connectivity index is 2.43. The van der Waals surface area contributed by atoms with Gasteiger partial charge in [0.25, 0.3) is 0 Å². The van der Waals surface area contributed by atoms with Gasteiger partial charge in [-0.2, -0.15) is 0 Å². The Morgan fingerprint density at radius 1 is 0.846 bits per heavy atom. The van der Waals surface area contributed by atoms with E-state index in [2.05, 4.69) is 49.7 Å². The molecule has 0 aromatic heterocycles. The molecule has 0 spiro atoms. The van der Waals surface area contributed by atoms with Crippen molar-refractivity contribution in [2.24, 2.45) is 0 Å². The van der Waals surface area contributed by atoms with Gasteiger partial charge in [-0.3, -0.25) is 4.79 Å². The molecule has 0 saturated carbocycles. The fraction of sp³-hybridized carbons (Fsp3) is 0.320. The van der Waals surface area contributed by atoms with Gasteiger partial charge in [-0.05, 0) is 42.2 Å². The number of hydrogen-bond donors (Lipinski definition) is 0. The first-order chi connectivity index (χ1) is 12.8.